The molecule has 0 amide bonds. The van der Waals surface area contributed by atoms with E-state index in [1.807, 2.05) is 36.5 Å². The molecule has 1 saturated heterocycles. The van der Waals surface area contributed by atoms with Crippen molar-refractivity contribution in [3.05, 3.63) is 66.0 Å². The summed E-state index contributed by atoms with van der Waals surface area (Å²) < 4.78 is 0. The van der Waals surface area contributed by atoms with E-state index in [4.69, 9.17) is 0 Å². The van der Waals surface area contributed by atoms with Gasteiger partial charge in [0.25, 0.3) is 0 Å². The van der Waals surface area contributed by atoms with Gasteiger partial charge in [0.1, 0.15) is 5.82 Å². The maximum absolute atomic E-state index is 11.4. The molecule has 4 rings (SSSR count). The number of hydrogen-bond acceptors (Lipinski definition) is 5. The van der Waals surface area contributed by atoms with Gasteiger partial charge in [-0.05, 0) is 43.2 Å². The number of aromatic nitrogens is 2. The van der Waals surface area contributed by atoms with E-state index in [1.165, 1.54) is 12.5 Å². The summed E-state index contributed by atoms with van der Waals surface area (Å²) in [5.41, 5.74) is 2.80. The molecule has 0 aliphatic carbocycles. The molecule has 5 heteroatoms. The molecular weight excluding hydrogens is 326 g/mol. The first-order valence-corrected chi connectivity index (χ1v) is 8.84. The van der Waals surface area contributed by atoms with Gasteiger partial charge in [-0.25, -0.2) is 4.98 Å². The molecule has 3 heterocycles. The molecular formula is C21H21N3O2. The summed E-state index contributed by atoms with van der Waals surface area (Å²) in [4.78, 5) is 22.3. The van der Waals surface area contributed by atoms with Gasteiger partial charge in [0.2, 0.25) is 0 Å². The molecule has 3 aromatic rings. The number of nitrogens with zero attached hydrogens (tertiary/aromatic N) is 3. The van der Waals surface area contributed by atoms with E-state index in [9.17, 15) is 9.90 Å². The van der Waals surface area contributed by atoms with Crippen LogP contribution in [0.15, 0.2) is 54.9 Å². The zero-order valence-corrected chi connectivity index (χ0v) is 14.7. The topological polar surface area (TPSA) is 66.3 Å². The van der Waals surface area contributed by atoms with E-state index >= 15 is 0 Å². The monoisotopic (exact) mass is 347 g/mol. The summed E-state index contributed by atoms with van der Waals surface area (Å²) in [6, 6.07) is 13.8. The maximum atomic E-state index is 11.4. The predicted molar refractivity (Wildman–Crippen MR) is 101 cm³/mol. The average molecular weight is 347 g/mol. The first-order chi connectivity index (χ1) is 12.6. The normalized spacial score (nSPS) is 19.8. The average Bonchev–Trinajstić information content (AvgIpc) is 3.03. The van der Waals surface area contributed by atoms with Crippen molar-refractivity contribution in [2.75, 3.05) is 18.0 Å². The lowest BCUT2D eigenvalue weighted by Gasteiger charge is -2.17. The molecule has 1 aliphatic heterocycles. The van der Waals surface area contributed by atoms with Crippen molar-refractivity contribution in [2.24, 2.45) is 5.92 Å². The number of ketones is 1. The molecule has 0 saturated carbocycles. The Morgan fingerprint density at radius 1 is 1.15 bits per heavy atom. The predicted octanol–water partition coefficient (Wildman–Crippen LogP) is 2.87. The highest BCUT2D eigenvalue weighted by Gasteiger charge is 2.32. The summed E-state index contributed by atoms with van der Waals surface area (Å²) >= 11 is 0. The smallest absolute Gasteiger partial charge is 0.161 e. The number of fused-ring (bicyclic) bond motifs is 1. The van der Waals surface area contributed by atoms with E-state index in [-0.39, 0.29) is 11.7 Å². The Kier molecular flexibility index (Phi) is 4.39. The van der Waals surface area contributed by atoms with E-state index in [0.29, 0.717) is 12.1 Å². The van der Waals surface area contributed by atoms with Crippen LogP contribution in [0.2, 0.25) is 0 Å². The van der Waals surface area contributed by atoms with Gasteiger partial charge < -0.3 is 10.0 Å². The second-order valence-corrected chi connectivity index (χ2v) is 6.89. The number of β-amino-alcohol motifs (C(OH)–C–C–N with tert-alkyl or cyclic N) is 1. The number of benzene rings is 1. The van der Waals surface area contributed by atoms with Crippen molar-refractivity contribution < 1.29 is 9.90 Å². The molecule has 2 aromatic heterocycles. The highest BCUT2D eigenvalue weighted by atomic mass is 16.3. The lowest BCUT2D eigenvalue weighted by Crippen LogP contribution is -2.22. The van der Waals surface area contributed by atoms with Gasteiger partial charge >= 0.3 is 0 Å². The Morgan fingerprint density at radius 3 is 2.77 bits per heavy atom. The Labute approximate surface area is 152 Å². The van der Waals surface area contributed by atoms with Gasteiger partial charge in [0.15, 0.2) is 5.78 Å². The van der Waals surface area contributed by atoms with Gasteiger partial charge in [-0.3, -0.25) is 9.78 Å². The van der Waals surface area contributed by atoms with Crippen molar-refractivity contribution in [2.45, 2.75) is 19.4 Å². The van der Waals surface area contributed by atoms with E-state index in [2.05, 4.69) is 20.9 Å². The lowest BCUT2D eigenvalue weighted by atomic mass is 9.94. The molecule has 1 aromatic carbocycles. The van der Waals surface area contributed by atoms with E-state index < -0.39 is 6.10 Å². The quantitative estimate of drug-likeness (QED) is 0.735. The summed E-state index contributed by atoms with van der Waals surface area (Å²) in [6.45, 7) is 2.83. The van der Waals surface area contributed by atoms with Crippen molar-refractivity contribution in [3.63, 3.8) is 0 Å². The van der Waals surface area contributed by atoms with E-state index in [1.54, 1.807) is 12.3 Å². The van der Waals surface area contributed by atoms with Crippen LogP contribution >= 0.6 is 0 Å². The van der Waals surface area contributed by atoms with Crippen molar-refractivity contribution in [1.29, 1.82) is 0 Å². The molecule has 132 valence electrons. The third-order valence-electron chi connectivity index (χ3n) is 5.11. The van der Waals surface area contributed by atoms with Crippen molar-refractivity contribution in [1.82, 2.24) is 9.97 Å². The molecule has 1 N–H and O–H groups in total. The summed E-state index contributed by atoms with van der Waals surface area (Å²) in [6.07, 6.45) is 3.83. The molecule has 2 atom stereocenters. The van der Waals surface area contributed by atoms with Crippen LogP contribution in [-0.4, -0.2) is 40.1 Å². The third-order valence-corrected chi connectivity index (χ3v) is 5.11. The number of pyridine rings is 2. The third kappa shape index (κ3) is 3.18. The fourth-order valence-corrected chi connectivity index (χ4v) is 3.64. The fraction of sp³-hybridized carbons (Fsp3) is 0.286. The van der Waals surface area contributed by atoms with Crippen LogP contribution < -0.4 is 4.90 Å². The Bertz CT molecular complexity index is 934. The summed E-state index contributed by atoms with van der Waals surface area (Å²) in [5.74, 6) is 0.944. The first kappa shape index (κ1) is 16.7. The minimum absolute atomic E-state index is 0.00736. The van der Waals surface area contributed by atoms with Crippen molar-refractivity contribution >= 4 is 22.5 Å². The zero-order chi connectivity index (χ0) is 18.1. The number of Topliss-reactive ketones (excluding diaryl/α,β-unsaturated/α-hetero) is 1. The molecule has 0 spiro atoms. The minimum atomic E-state index is -0.406. The second kappa shape index (κ2) is 6.84. The number of hydrogen-bond donors (Lipinski definition) is 1. The molecule has 1 aliphatic rings. The number of para-hydroxylation sites is 1. The van der Waals surface area contributed by atoms with Gasteiger partial charge in [-0.1, -0.05) is 18.2 Å². The molecule has 0 bridgehead atoms. The summed E-state index contributed by atoms with van der Waals surface area (Å²) in [7, 11) is 0. The molecule has 1 fully saturated rings. The van der Waals surface area contributed by atoms with Crippen LogP contribution in [-0.2, 0) is 6.42 Å². The fourth-order valence-electron chi connectivity index (χ4n) is 3.64. The van der Waals surface area contributed by atoms with Gasteiger partial charge in [0.05, 0.1) is 11.6 Å². The van der Waals surface area contributed by atoms with Gasteiger partial charge in [-0.2, -0.15) is 0 Å². The Hall–Kier alpha value is -2.79. The van der Waals surface area contributed by atoms with Crippen molar-refractivity contribution in [3.8, 4) is 0 Å². The second-order valence-electron chi connectivity index (χ2n) is 6.89. The molecule has 0 unspecified atom stereocenters. The Morgan fingerprint density at radius 2 is 2.00 bits per heavy atom. The summed E-state index contributed by atoms with van der Waals surface area (Å²) in [5, 5.41) is 11.7. The van der Waals surface area contributed by atoms with Crippen LogP contribution in [0.5, 0.6) is 0 Å². The molecule has 5 nitrogen and oxygen atoms in total. The largest absolute Gasteiger partial charge is 0.391 e. The number of carbonyl (C=O) groups excluding carboxylic acids is 1. The zero-order valence-electron chi connectivity index (χ0n) is 14.7. The number of rotatable bonds is 4. The molecule has 0 radical (unpaired) electrons. The number of carbonyl (C=O) groups is 1. The molecule has 26 heavy (non-hydrogen) atoms. The van der Waals surface area contributed by atoms with Gasteiger partial charge in [-0.15, -0.1) is 0 Å². The number of aliphatic hydroxyl groups excluding tert-OH is 1. The highest BCUT2D eigenvalue weighted by molar-refractivity contribution is 5.93. The van der Waals surface area contributed by atoms with E-state index in [0.717, 1.165) is 29.7 Å². The maximum Gasteiger partial charge on any atom is 0.161 e. The lowest BCUT2D eigenvalue weighted by molar-refractivity contribution is 0.101. The first-order valence-electron chi connectivity index (χ1n) is 8.84. The highest BCUT2D eigenvalue weighted by Crippen LogP contribution is 2.27. The van der Waals surface area contributed by atoms with Crippen LogP contribution in [0, 0.1) is 5.92 Å². The standard InChI is InChI=1S/C21H21N3O2/c1-14(25)16-6-7-21(23-11-16)24-12-17(20(26)13-24)10-15-8-9-22-19-5-3-2-4-18(15)19/h2-9,11,17,20,26H,10,12-13H2,1H3/t17-,20-/m1/s1. The number of aliphatic hydroxyl groups is 1. The van der Waals surface area contributed by atoms with Crippen LogP contribution in [0.4, 0.5) is 5.82 Å². The minimum Gasteiger partial charge on any atom is -0.391 e. The SMILES string of the molecule is CC(=O)c1ccc(N2C[C@@H](Cc3ccnc4ccccc34)[C@H](O)C2)nc1. The van der Waals surface area contributed by atoms with Crippen LogP contribution in [0.1, 0.15) is 22.8 Å². The Balaban J connectivity index is 1.52. The number of anilines is 1. The van der Waals surface area contributed by atoms with Crippen LogP contribution in [0.25, 0.3) is 10.9 Å². The van der Waals surface area contributed by atoms with Crippen LogP contribution in [0.3, 0.4) is 0 Å². The van der Waals surface area contributed by atoms with Gasteiger partial charge in [0, 0.05) is 42.4 Å².